The van der Waals surface area contributed by atoms with Gasteiger partial charge in [0.05, 0.1) is 12.5 Å². The summed E-state index contributed by atoms with van der Waals surface area (Å²) in [5.74, 6) is -5.83. The van der Waals surface area contributed by atoms with Crippen molar-refractivity contribution in [2.45, 2.75) is 50.9 Å². The van der Waals surface area contributed by atoms with Gasteiger partial charge in [-0.05, 0) is 23.6 Å². The van der Waals surface area contributed by atoms with Gasteiger partial charge in [-0.2, -0.15) is 12.6 Å². The molecule has 0 saturated carbocycles. The molecular formula is C21H30N4O8S. The van der Waals surface area contributed by atoms with Crippen molar-refractivity contribution in [1.82, 2.24) is 16.0 Å². The fraction of sp³-hybridized carbons (Fsp3) is 0.476. The molecule has 0 aliphatic carbocycles. The molecule has 1 aromatic rings. The number of phenols is 1. The van der Waals surface area contributed by atoms with E-state index in [-0.39, 0.29) is 17.9 Å². The summed E-state index contributed by atoms with van der Waals surface area (Å²) in [7, 11) is 0. The highest BCUT2D eigenvalue weighted by molar-refractivity contribution is 7.80. The lowest BCUT2D eigenvalue weighted by Crippen LogP contribution is -2.58. The van der Waals surface area contributed by atoms with Crippen LogP contribution in [-0.4, -0.2) is 74.9 Å². The minimum Gasteiger partial charge on any atom is -0.508 e. The van der Waals surface area contributed by atoms with E-state index in [4.69, 9.17) is 5.73 Å². The Morgan fingerprint density at radius 2 is 1.44 bits per heavy atom. The molecule has 0 spiro atoms. The van der Waals surface area contributed by atoms with Crippen LogP contribution in [0.4, 0.5) is 0 Å². The molecule has 0 radical (unpaired) electrons. The molecule has 1 rings (SSSR count). The van der Waals surface area contributed by atoms with E-state index in [0.29, 0.717) is 5.56 Å². The first kappa shape index (κ1) is 28.7. The van der Waals surface area contributed by atoms with Gasteiger partial charge in [-0.15, -0.1) is 0 Å². The molecule has 0 bridgehead atoms. The standard InChI is InChI=1S/C21H30N4O8S/c1-10(2)17(21(32)33)25-20(31)15(8-16(27)28)24-19(30)14(23-18(29)13(22)9-34)7-11-3-5-12(26)6-4-11/h3-6,10,13-15,17,26,34H,7-9,22H2,1-2H3,(H,23,29)(H,24,30)(H,25,31)(H,27,28)(H,32,33). The monoisotopic (exact) mass is 498 g/mol. The molecule has 0 aromatic heterocycles. The van der Waals surface area contributed by atoms with Crippen LogP contribution in [0.3, 0.4) is 0 Å². The quantitative estimate of drug-likeness (QED) is 0.154. The van der Waals surface area contributed by atoms with Crippen molar-refractivity contribution in [2.75, 3.05) is 5.75 Å². The molecule has 188 valence electrons. The highest BCUT2D eigenvalue weighted by Gasteiger charge is 2.32. The van der Waals surface area contributed by atoms with Crippen molar-refractivity contribution < 1.29 is 39.3 Å². The summed E-state index contributed by atoms with van der Waals surface area (Å²) in [6.45, 7) is 3.11. The Morgan fingerprint density at radius 1 is 0.912 bits per heavy atom. The molecule has 13 heteroatoms. The van der Waals surface area contributed by atoms with Crippen LogP contribution in [0.15, 0.2) is 24.3 Å². The second-order valence-corrected chi connectivity index (χ2v) is 8.31. The molecule has 12 nitrogen and oxygen atoms in total. The number of carboxylic acid groups (broad SMARTS) is 2. The second-order valence-electron chi connectivity index (χ2n) is 7.95. The first-order valence-corrected chi connectivity index (χ1v) is 11.0. The summed E-state index contributed by atoms with van der Waals surface area (Å²) in [5, 5.41) is 34.9. The zero-order valence-electron chi connectivity index (χ0n) is 18.7. The van der Waals surface area contributed by atoms with E-state index in [0.717, 1.165) is 0 Å². The number of hydrogen-bond acceptors (Lipinski definition) is 8. The maximum atomic E-state index is 13.0. The molecule has 4 unspecified atom stereocenters. The summed E-state index contributed by atoms with van der Waals surface area (Å²) in [4.78, 5) is 60.6. The molecule has 4 atom stereocenters. The Balaban J connectivity index is 3.13. The van der Waals surface area contributed by atoms with Crippen LogP contribution >= 0.6 is 12.6 Å². The molecule has 8 N–H and O–H groups in total. The summed E-state index contributed by atoms with van der Waals surface area (Å²) >= 11 is 3.94. The van der Waals surface area contributed by atoms with Crippen LogP contribution in [0.1, 0.15) is 25.8 Å². The minimum absolute atomic E-state index is 0.00476. The summed E-state index contributed by atoms with van der Waals surface area (Å²) in [6.07, 6.45) is -0.889. The van der Waals surface area contributed by atoms with Crippen LogP contribution in [0.5, 0.6) is 5.75 Å². The molecule has 1 aromatic carbocycles. The normalized spacial score (nSPS) is 14.4. The Labute approximate surface area is 201 Å². The molecule has 0 saturated heterocycles. The minimum atomic E-state index is -1.61. The van der Waals surface area contributed by atoms with Gasteiger partial charge in [0, 0.05) is 12.2 Å². The Hall–Kier alpha value is -3.32. The Bertz CT molecular complexity index is 893. The number of aromatic hydroxyl groups is 1. The number of carbonyl (C=O) groups excluding carboxylic acids is 3. The van der Waals surface area contributed by atoms with Gasteiger partial charge in [0.2, 0.25) is 17.7 Å². The lowest BCUT2D eigenvalue weighted by Gasteiger charge is -2.25. The largest absolute Gasteiger partial charge is 0.508 e. The number of amides is 3. The molecule has 0 heterocycles. The van der Waals surface area contributed by atoms with Crippen molar-refractivity contribution in [3.8, 4) is 5.75 Å². The topological polar surface area (TPSA) is 208 Å². The number of carboxylic acids is 2. The van der Waals surface area contributed by atoms with Gasteiger partial charge < -0.3 is 37.0 Å². The van der Waals surface area contributed by atoms with Gasteiger partial charge in [0.25, 0.3) is 0 Å². The van der Waals surface area contributed by atoms with E-state index in [9.17, 15) is 39.3 Å². The van der Waals surface area contributed by atoms with Gasteiger partial charge in [-0.1, -0.05) is 26.0 Å². The highest BCUT2D eigenvalue weighted by Crippen LogP contribution is 2.12. The van der Waals surface area contributed by atoms with Crippen molar-refractivity contribution in [3.63, 3.8) is 0 Å². The number of nitrogens with two attached hydrogens (primary N) is 1. The fourth-order valence-corrected chi connectivity index (χ4v) is 3.03. The van der Waals surface area contributed by atoms with Gasteiger partial charge in [0.1, 0.15) is 23.9 Å². The van der Waals surface area contributed by atoms with Crippen LogP contribution < -0.4 is 21.7 Å². The molecule has 0 fully saturated rings. The van der Waals surface area contributed by atoms with E-state index >= 15 is 0 Å². The maximum absolute atomic E-state index is 13.0. The molecular weight excluding hydrogens is 468 g/mol. The lowest BCUT2D eigenvalue weighted by molar-refractivity contribution is -0.144. The van der Waals surface area contributed by atoms with E-state index in [1.54, 1.807) is 13.8 Å². The zero-order chi connectivity index (χ0) is 26.0. The number of hydrogen-bond donors (Lipinski definition) is 8. The van der Waals surface area contributed by atoms with Crippen molar-refractivity contribution in [3.05, 3.63) is 29.8 Å². The Morgan fingerprint density at radius 3 is 1.91 bits per heavy atom. The smallest absolute Gasteiger partial charge is 0.326 e. The third kappa shape index (κ3) is 9.27. The third-order valence-corrected chi connectivity index (χ3v) is 5.18. The number of carbonyl (C=O) groups is 5. The number of aliphatic carboxylic acids is 2. The third-order valence-electron chi connectivity index (χ3n) is 4.78. The number of rotatable bonds is 13. The van der Waals surface area contributed by atoms with E-state index in [1.165, 1.54) is 24.3 Å². The Kier molecular flexibility index (Phi) is 11.3. The van der Waals surface area contributed by atoms with Crippen molar-refractivity contribution in [1.29, 1.82) is 0 Å². The van der Waals surface area contributed by atoms with Gasteiger partial charge >= 0.3 is 11.9 Å². The summed E-state index contributed by atoms with van der Waals surface area (Å²) in [6, 6.07) is 0.592. The molecule has 0 aliphatic rings. The average molecular weight is 499 g/mol. The summed E-state index contributed by atoms with van der Waals surface area (Å²) < 4.78 is 0. The highest BCUT2D eigenvalue weighted by atomic mass is 32.1. The number of thiol groups is 1. The van der Waals surface area contributed by atoms with Crippen LogP contribution in [0, 0.1) is 5.92 Å². The fourth-order valence-electron chi connectivity index (χ4n) is 2.86. The van der Waals surface area contributed by atoms with E-state index < -0.39 is 66.2 Å². The maximum Gasteiger partial charge on any atom is 0.326 e. The number of nitrogens with one attached hydrogen (secondary N) is 3. The van der Waals surface area contributed by atoms with Gasteiger partial charge in [-0.3, -0.25) is 19.2 Å². The van der Waals surface area contributed by atoms with Gasteiger partial charge in [0.15, 0.2) is 0 Å². The van der Waals surface area contributed by atoms with Gasteiger partial charge in [-0.25, -0.2) is 4.79 Å². The predicted octanol–water partition coefficient (Wildman–Crippen LogP) is -1.14. The van der Waals surface area contributed by atoms with Crippen LogP contribution in [-0.2, 0) is 30.4 Å². The number of phenolic OH excluding ortho intramolecular Hbond substituents is 1. The molecule has 0 aliphatic heterocycles. The lowest BCUT2D eigenvalue weighted by atomic mass is 10.0. The molecule has 34 heavy (non-hydrogen) atoms. The zero-order valence-corrected chi connectivity index (χ0v) is 19.6. The average Bonchev–Trinajstić information content (AvgIpc) is 2.76. The van der Waals surface area contributed by atoms with E-state index in [1.807, 2.05) is 0 Å². The summed E-state index contributed by atoms with van der Waals surface area (Å²) in [5.41, 5.74) is 6.20. The van der Waals surface area contributed by atoms with Crippen LogP contribution in [0.25, 0.3) is 0 Å². The predicted molar refractivity (Wildman–Crippen MR) is 124 cm³/mol. The first-order chi connectivity index (χ1) is 15.8. The van der Waals surface area contributed by atoms with Crippen LogP contribution in [0.2, 0.25) is 0 Å². The number of benzene rings is 1. The van der Waals surface area contributed by atoms with Crippen molar-refractivity contribution in [2.24, 2.45) is 11.7 Å². The SMILES string of the molecule is CC(C)C(NC(=O)C(CC(=O)O)NC(=O)C(Cc1ccc(O)cc1)NC(=O)C(N)CS)C(=O)O. The first-order valence-electron chi connectivity index (χ1n) is 10.4. The molecule has 3 amide bonds. The van der Waals surface area contributed by atoms with Crippen molar-refractivity contribution >= 4 is 42.3 Å². The van der Waals surface area contributed by atoms with E-state index in [2.05, 4.69) is 28.6 Å². The second kappa shape index (κ2) is 13.4.